The van der Waals surface area contributed by atoms with Gasteiger partial charge >= 0.3 is 0 Å². The standard InChI is InChI=1S/C31H40N6O5/c1-5-6-15-42-31(25-10-8-7-9-20(25)2)18-37(19-31)30(40)26(16-22-11-13-23(41-4)14-12-22)34-27(38)17-24(28(32)39)29-33-21(3)35-36-29/h7-14,24,26,29H,5-6,15-19H2,1-4H3,(H2,32,39)(H,34,38)/t24?,26-,29?/m1/s1. The molecule has 1 fully saturated rings. The first-order valence-electron chi connectivity index (χ1n) is 14.3. The number of amidine groups is 1. The van der Waals surface area contributed by atoms with Crippen LogP contribution in [0, 0.1) is 12.8 Å². The molecule has 0 aromatic heterocycles. The number of aliphatic imine (C=N–C) groups is 1. The molecule has 11 heteroatoms. The summed E-state index contributed by atoms with van der Waals surface area (Å²) in [6.07, 6.45) is 1.05. The van der Waals surface area contributed by atoms with E-state index in [9.17, 15) is 14.4 Å². The first-order valence-corrected chi connectivity index (χ1v) is 14.3. The number of amides is 3. The third-order valence-electron chi connectivity index (χ3n) is 7.72. The number of benzene rings is 2. The van der Waals surface area contributed by atoms with Crippen molar-refractivity contribution < 1.29 is 23.9 Å². The highest BCUT2D eigenvalue weighted by atomic mass is 16.5. The van der Waals surface area contributed by atoms with Crippen molar-refractivity contribution in [2.24, 2.45) is 26.9 Å². The number of rotatable bonds is 14. The van der Waals surface area contributed by atoms with E-state index >= 15 is 0 Å². The van der Waals surface area contributed by atoms with Gasteiger partial charge in [-0.15, -0.1) is 5.11 Å². The van der Waals surface area contributed by atoms with Crippen LogP contribution in [0.3, 0.4) is 0 Å². The van der Waals surface area contributed by atoms with Crippen LogP contribution >= 0.6 is 0 Å². The highest BCUT2D eigenvalue weighted by Gasteiger charge is 2.49. The molecule has 0 aliphatic carbocycles. The third kappa shape index (κ3) is 7.20. The van der Waals surface area contributed by atoms with Crippen molar-refractivity contribution in [3.05, 3.63) is 65.2 Å². The number of hydrogen-bond acceptors (Lipinski definition) is 8. The molecule has 0 spiro atoms. The summed E-state index contributed by atoms with van der Waals surface area (Å²) in [5.41, 5.74) is 7.99. The second-order valence-electron chi connectivity index (χ2n) is 10.9. The number of likely N-dealkylation sites (tertiary alicyclic amines) is 1. The zero-order valence-electron chi connectivity index (χ0n) is 24.7. The summed E-state index contributed by atoms with van der Waals surface area (Å²) in [4.78, 5) is 45.3. The minimum Gasteiger partial charge on any atom is -0.497 e. The van der Waals surface area contributed by atoms with Crippen LogP contribution in [0.2, 0.25) is 0 Å². The van der Waals surface area contributed by atoms with Crippen LogP contribution in [0.5, 0.6) is 5.75 Å². The van der Waals surface area contributed by atoms with Crippen molar-refractivity contribution >= 4 is 23.6 Å². The molecular formula is C31H40N6O5. The van der Waals surface area contributed by atoms with Gasteiger partial charge < -0.3 is 25.4 Å². The smallest absolute Gasteiger partial charge is 0.245 e. The van der Waals surface area contributed by atoms with Crippen molar-refractivity contribution in [3.63, 3.8) is 0 Å². The average molecular weight is 577 g/mol. The van der Waals surface area contributed by atoms with E-state index in [1.807, 2.05) is 55.5 Å². The van der Waals surface area contributed by atoms with Gasteiger partial charge in [-0.3, -0.25) is 14.4 Å². The maximum atomic E-state index is 13.9. The van der Waals surface area contributed by atoms with E-state index in [2.05, 4.69) is 27.5 Å². The molecule has 0 radical (unpaired) electrons. The Balaban J connectivity index is 1.52. The van der Waals surface area contributed by atoms with Crippen molar-refractivity contribution in [2.75, 3.05) is 26.8 Å². The van der Waals surface area contributed by atoms with Crippen molar-refractivity contribution in [1.82, 2.24) is 10.2 Å². The van der Waals surface area contributed by atoms with E-state index in [1.165, 1.54) is 0 Å². The van der Waals surface area contributed by atoms with Crippen LogP contribution < -0.4 is 15.8 Å². The number of aryl methyl sites for hydroxylation is 1. The highest BCUT2D eigenvalue weighted by Crippen LogP contribution is 2.38. The van der Waals surface area contributed by atoms with E-state index in [0.29, 0.717) is 31.3 Å². The van der Waals surface area contributed by atoms with Gasteiger partial charge in [0.15, 0.2) is 6.17 Å². The molecule has 0 saturated carbocycles. The summed E-state index contributed by atoms with van der Waals surface area (Å²) in [6, 6.07) is 14.5. The molecule has 2 aliphatic rings. The van der Waals surface area contributed by atoms with Gasteiger partial charge in [0.1, 0.15) is 23.2 Å². The molecule has 4 rings (SSSR count). The monoisotopic (exact) mass is 576 g/mol. The molecule has 2 heterocycles. The van der Waals surface area contributed by atoms with Crippen LogP contribution in [0.1, 0.15) is 49.8 Å². The van der Waals surface area contributed by atoms with E-state index in [4.69, 9.17) is 15.2 Å². The third-order valence-corrected chi connectivity index (χ3v) is 7.72. The molecule has 3 N–H and O–H groups in total. The number of primary amides is 1. The summed E-state index contributed by atoms with van der Waals surface area (Å²) >= 11 is 0. The summed E-state index contributed by atoms with van der Waals surface area (Å²) < 4.78 is 11.7. The zero-order valence-corrected chi connectivity index (χ0v) is 24.7. The largest absolute Gasteiger partial charge is 0.497 e. The van der Waals surface area contributed by atoms with E-state index in [-0.39, 0.29) is 18.7 Å². The van der Waals surface area contributed by atoms with Gasteiger partial charge in [-0.2, -0.15) is 5.11 Å². The number of ether oxygens (including phenoxy) is 2. The Hall–Kier alpha value is -4.12. The van der Waals surface area contributed by atoms with E-state index < -0.39 is 35.5 Å². The molecule has 2 aliphatic heterocycles. The average Bonchev–Trinajstić information content (AvgIpc) is 3.38. The number of nitrogens with one attached hydrogen (secondary N) is 1. The lowest BCUT2D eigenvalue weighted by Gasteiger charge is -2.51. The normalized spacial score (nSPS) is 18.5. The van der Waals surface area contributed by atoms with Gasteiger partial charge in [-0.05, 0) is 49.1 Å². The Morgan fingerprint density at radius 2 is 1.83 bits per heavy atom. The number of hydrogen-bond donors (Lipinski definition) is 2. The molecule has 0 bridgehead atoms. The number of carbonyl (C=O) groups excluding carboxylic acids is 3. The van der Waals surface area contributed by atoms with Crippen LogP contribution in [0.15, 0.2) is 63.8 Å². The molecule has 2 aromatic carbocycles. The quantitative estimate of drug-likeness (QED) is 0.331. The molecule has 2 unspecified atom stereocenters. The molecule has 2 aromatic rings. The minimum absolute atomic E-state index is 0.229. The van der Waals surface area contributed by atoms with Crippen molar-refractivity contribution in [2.45, 2.75) is 64.3 Å². The van der Waals surface area contributed by atoms with Crippen molar-refractivity contribution in [1.29, 1.82) is 0 Å². The summed E-state index contributed by atoms with van der Waals surface area (Å²) in [5, 5.41) is 10.7. The summed E-state index contributed by atoms with van der Waals surface area (Å²) in [6.45, 7) is 7.14. The Labute approximate surface area is 246 Å². The zero-order chi connectivity index (χ0) is 30.3. The topological polar surface area (TPSA) is 148 Å². The van der Waals surface area contributed by atoms with Gasteiger partial charge in [-0.1, -0.05) is 49.7 Å². The molecule has 224 valence electrons. The van der Waals surface area contributed by atoms with E-state index in [1.54, 1.807) is 18.9 Å². The fourth-order valence-electron chi connectivity index (χ4n) is 5.34. The van der Waals surface area contributed by atoms with Crippen molar-refractivity contribution in [3.8, 4) is 5.75 Å². The number of nitrogens with zero attached hydrogens (tertiary/aromatic N) is 4. The SMILES string of the molecule is CCCCOC1(c2ccccc2C)CN(C(=O)[C@@H](Cc2ccc(OC)cc2)NC(=O)CC(C(N)=O)C2N=NC(C)=N2)C1. The van der Waals surface area contributed by atoms with Crippen LogP contribution in [-0.2, 0) is 31.1 Å². The van der Waals surface area contributed by atoms with Gasteiger partial charge in [0, 0.05) is 19.4 Å². The lowest BCUT2D eigenvalue weighted by atomic mass is 9.82. The molecule has 1 saturated heterocycles. The van der Waals surface area contributed by atoms with Crippen LogP contribution in [0.4, 0.5) is 0 Å². The number of carbonyl (C=O) groups is 3. The fourth-order valence-corrected chi connectivity index (χ4v) is 5.34. The number of azo groups is 1. The molecular weight excluding hydrogens is 536 g/mol. The van der Waals surface area contributed by atoms with Crippen LogP contribution in [-0.4, -0.2) is 67.5 Å². The Morgan fingerprint density at radius 1 is 1.12 bits per heavy atom. The minimum atomic E-state index is -0.979. The van der Waals surface area contributed by atoms with Gasteiger partial charge in [-0.25, -0.2) is 4.99 Å². The highest BCUT2D eigenvalue weighted by molar-refractivity contribution is 5.91. The maximum absolute atomic E-state index is 13.9. The number of methoxy groups -OCH3 is 1. The summed E-state index contributed by atoms with van der Waals surface area (Å²) in [5.74, 6) is -1.31. The van der Waals surface area contributed by atoms with Gasteiger partial charge in [0.2, 0.25) is 17.7 Å². The van der Waals surface area contributed by atoms with Gasteiger partial charge in [0.05, 0.1) is 26.1 Å². The number of unbranched alkanes of at least 4 members (excludes halogenated alkanes) is 1. The second kappa shape index (κ2) is 13.7. The maximum Gasteiger partial charge on any atom is 0.245 e. The Morgan fingerprint density at radius 3 is 2.43 bits per heavy atom. The Bertz CT molecular complexity index is 1340. The van der Waals surface area contributed by atoms with Gasteiger partial charge in [0.25, 0.3) is 0 Å². The lowest BCUT2D eigenvalue weighted by Crippen LogP contribution is -2.66. The summed E-state index contributed by atoms with van der Waals surface area (Å²) in [7, 11) is 1.58. The molecule has 3 atom stereocenters. The Kier molecular flexibility index (Phi) is 10.1. The van der Waals surface area contributed by atoms with E-state index in [0.717, 1.165) is 29.5 Å². The molecule has 11 nitrogen and oxygen atoms in total. The first-order chi connectivity index (χ1) is 20.2. The predicted octanol–water partition coefficient (Wildman–Crippen LogP) is 3.29. The number of nitrogens with two attached hydrogens (primary N) is 1. The lowest BCUT2D eigenvalue weighted by molar-refractivity contribution is -0.175. The second-order valence-corrected chi connectivity index (χ2v) is 10.9. The molecule has 3 amide bonds. The predicted molar refractivity (Wildman–Crippen MR) is 158 cm³/mol. The molecule has 42 heavy (non-hydrogen) atoms. The van der Waals surface area contributed by atoms with Crippen LogP contribution in [0.25, 0.3) is 0 Å². The first kappa shape index (κ1) is 30.8. The fraction of sp³-hybridized carbons (Fsp3) is 0.484.